The molecule has 1 aromatic rings. The molecule has 5 unspecified atom stereocenters. The van der Waals surface area contributed by atoms with Crippen LogP contribution in [0.5, 0.6) is 0 Å². The average molecular weight is 494 g/mol. The summed E-state index contributed by atoms with van der Waals surface area (Å²) in [4.78, 5) is 24.0. The van der Waals surface area contributed by atoms with Crippen molar-refractivity contribution >= 4 is 11.9 Å². The lowest BCUT2D eigenvalue weighted by atomic mass is 9.85. The lowest BCUT2D eigenvalue weighted by molar-refractivity contribution is -0.150. The Morgan fingerprint density at radius 2 is 1.94 bits per heavy atom. The summed E-state index contributed by atoms with van der Waals surface area (Å²) < 4.78 is 5.98. The van der Waals surface area contributed by atoms with Gasteiger partial charge in [-0.2, -0.15) is 0 Å². The zero-order valence-electron chi connectivity index (χ0n) is 22.7. The summed E-state index contributed by atoms with van der Waals surface area (Å²) in [6.45, 7) is 11.0. The van der Waals surface area contributed by atoms with E-state index in [2.05, 4.69) is 73.5 Å². The van der Waals surface area contributed by atoms with E-state index < -0.39 is 0 Å². The van der Waals surface area contributed by atoms with E-state index in [-0.39, 0.29) is 23.9 Å². The summed E-state index contributed by atoms with van der Waals surface area (Å²) in [5.41, 5.74) is 1.37. The molecule has 0 aromatic heterocycles. The second-order valence-electron chi connectivity index (χ2n) is 10.1. The number of amides is 1. The van der Waals surface area contributed by atoms with Crippen LogP contribution in [0.1, 0.15) is 77.7 Å². The predicted octanol–water partition coefficient (Wildman–Crippen LogP) is 7.21. The van der Waals surface area contributed by atoms with Crippen molar-refractivity contribution in [2.24, 2.45) is 23.7 Å². The van der Waals surface area contributed by atoms with E-state index >= 15 is 0 Å². The highest BCUT2D eigenvalue weighted by molar-refractivity contribution is 5.75. The van der Waals surface area contributed by atoms with Gasteiger partial charge in [-0.15, -0.1) is 6.58 Å². The van der Waals surface area contributed by atoms with Crippen LogP contribution in [0.3, 0.4) is 0 Å². The van der Waals surface area contributed by atoms with Crippen molar-refractivity contribution in [2.45, 2.75) is 84.7 Å². The van der Waals surface area contributed by atoms with Gasteiger partial charge < -0.3 is 10.1 Å². The van der Waals surface area contributed by atoms with Crippen LogP contribution in [0.15, 0.2) is 67.3 Å². The molecule has 0 bridgehead atoms. The van der Waals surface area contributed by atoms with Gasteiger partial charge in [-0.1, -0.05) is 74.6 Å². The molecule has 2 rings (SSSR count). The number of allylic oxidation sites excluding steroid dienone is 4. The topological polar surface area (TPSA) is 55.4 Å². The second-order valence-corrected chi connectivity index (χ2v) is 10.1. The maximum atomic E-state index is 12.4. The normalized spacial score (nSPS) is 22.6. The molecule has 0 spiro atoms. The van der Waals surface area contributed by atoms with Gasteiger partial charge in [-0.05, 0) is 75.2 Å². The maximum Gasteiger partial charge on any atom is 0.306 e. The molecule has 1 aliphatic rings. The van der Waals surface area contributed by atoms with Gasteiger partial charge in [0.1, 0.15) is 6.10 Å². The van der Waals surface area contributed by atoms with Gasteiger partial charge in [0.05, 0.1) is 0 Å². The molecule has 0 radical (unpaired) electrons. The van der Waals surface area contributed by atoms with Crippen molar-refractivity contribution < 1.29 is 14.3 Å². The molecule has 0 heterocycles. The highest BCUT2D eigenvalue weighted by Crippen LogP contribution is 2.43. The Kier molecular flexibility index (Phi) is 13.9. The lowest BCUT2D eigenvalue weighted by Gasteiger charge is -2.23. The Bertz CT molecular complexity index is 844. The molecule has 198 valence electrons. The fourth-order valence-corrected chi connectivity index (χ4v) is 5.08. The van der Waals surface area contributed by atoms with Crippen molar-refractivity contribution in [1.29, 1.82) is 0 Å². The SMILES string of the molecule is C=CC1CC(OC(=O)CCC)C(C=CC(C)CCc2ccccc2)C1CC=CCCCC(=O)NCC. The summed E-state index contributed by atoms with van der Waals surface area (Å²) in [5.74, 6) is 1.34. The van der Waals surface area contributed by atoms with Crippen LogP contribution in [-0.4, -0.2) is 24.5 Å². The Labute approximate surface area is 219 Å². The van der Waals surface area contributed by atoms with Crippen LogP contribution in [0.4, 0.5) is 0 Å². The van der Waals surface area contributed by atoms with Crippen molar-refractivity contribution in [3.05, 3.63) is 72.9 Å². The Balaban J connectivity index is 2.01. The highest BCUT2D eigenvalue weighted by atomic mass is 16.5. The number of aryl methyl sites for hydroxylation is 1. The summed E-state index contributed by atoms with van der Waals surface area (Å²) in [5, 5.41) is 2.85. The smallest absolute Gasteiger partial charge is 0.306 e. The summed E-state index contributed by atoms with van der Waals surface area (Å²) in [6.07, 6.45) is 18.5. The number of hydrogen-bond donors (Lipinski definition) is 1. The predicted molar refractivity (Wildman–Crippen MR) is 149 cm³/mol. The van der Waals surface area contributed by atoms with Gasteiger partial charge in [0.2, 0.25) is 5.91 Å². The molecule has 1 aliphatic carbocycles. The van der Waals surface area contributed by atoms with Gasteiger partial charge in [-0.3, -0.25) is 9.59 Å². The number of rotatable bonds is 16. The fraction of sp³-hybridized carbons (Fsp3) is 0.562. The minimum atomic E-state index is -0.0965. The first-order chi connectivity index (χ1) is 17.5. The number of esters is 1. The van der Waals surface area contributed by atoms with Crippen molar-refractivity contribution in [1.82, 2.24) is 5.32 Å². The number of unbranched alkanes of at least 4 members (excludes halogenated alkanes) is 1. The fourth-order valence-electron chi connectivity index (χ4n) is 5.08. The van der Waals surface area contributed by atoms with E-state index in [9.17, 15) is 9.59 Å². The van der Waals surface area contributed by atoms with E-state index in [1.54, 1.807) is 0 Å². The van der Waals surface area contributed by atoms with Gasteiger partial charge in [0.15, 0.2) is 0 Å². The average Bonchev–Trinajstić information content (AvgIpc) is 3.20. The molecule has 5 atom stereocenters. The number of nitrogens with one attached hydrogen (secondary N) is 1. The van der Waals surface area contributed by atoms with Crippen LogP contribution < -0.4 is 5.32 Å². The first-order valence-electron chi connectivity index (χ1n) is 13.9. The number of carbonyl (C=O) groups is 2. The Morgan fingerprint density at radius 1 is 1.17 bits per heavy atom. The third kappa shape index (κ3) is 10.6. The molecular weight excluding hydrogens is 446 g/mol. The van der Waals surface area contributed by atoms with Crippen molar-refractivity contribution in [2.75, 3.05) is 6.54 Å². The standard InChI is InChI=1S/C32H47NO3/c1-5-15-32(35)36-30-24-27(6-2)28(18-13-8-9-14-19-31(34)33-7-3)29(30)23-21-25(4)20-22-26-16-11-10-12-17-26/h6,8,10-13,16-17,21,23,25,27-30H,2,5,7,9,14-15,18-20,22,24H2,1,3-4H3,(H,33,34). The molecule has 1 fully saturated rings. The van der Waals surface area contributed by atoms with Crippen LogP contribution in [-0.2, 0) is 20.7 Å². The van der Waals surface area contributed by atoms with Gasteiger partial charge >= 0.3 is 5.97 Å². The van der Waals surface area contributed by atoms with Crippen LogP contribution in [0.2, 0.25) is 0 Å². The minimum absolute atomic E-state index is 0.0950. The van der Waals surface area contributed by atoms with Crippen LogP contribution in [0.25, 0.3) is 0 Å². The van der Waals surface area contributed by atoms with Crippen LogP contribution >= 0.6 is 0 Å². The van der Waals surface area contributed by atoms with E-state index in [0.29, 0.717) is 37.1 Å². The largest absolute Gasteiger partial charge is 0.462 e. The summed E-state index contributed by atoms with van der Waals surface area (Å²) in [6, 6.07) is 10.6. The lowest BCUT2D eigenvalue weighted by Crippen LogP contribution is -2.24. The number of hydrogen-bond acceptors (Lipinski definition) is 3. The minimum Gasteiger partial charge on any atom is -0.462 e. The molecule has 4 heteroatoms. The first kappa shape index (κ1) is 29.6. The zero-order chi connectivity index (χ0) is 26.2. The molecule has 1 saturated carbocycles. The van der Waals surface area contributed by atoms with E-state index in [4.69, 9.17) is 4.74 Å². The highest BCUT2D eigenvalue weighted by Gasteiger charge is 2.41. The zero-order valence-corrected chi connectivity index (χ0v) is 22.7. The van der Waals surface area contributed by atoms with E-state index in [1.807, 2.05) is 19.9 Å². The third-order valence-electron chi connectivity index (χ3n) is 7.13. The third-order valence-corrected chi connectivity index (χ3v) is 7.13. The van der Waals surface area contributed by atoms with E-state index in [0.717, 1.165) is 44.9 Å². The van der Waals surface area contributed by atoms with E-state index in [1.165, 1.54) is 5.56 Å². The Hall–Kier alpha value is -2.62. The molecule has 0 saturated heterocycles. The van der Waals surface area contributed by atoms with Crippen LogP contribution in [0, 0.1) is 23.7 Å². The van der Waals surface area contributed by atoms with Gasteiger partial charge in [-0.25, -0.2) is 0 Å². The molecule has 1 N–H and O–H groups in total. The van der Waals surface area contributed by atoms with Crippen molar-refractivity contribution in [3.63, 3.8) is 0 Å². The molecule has 36 heavy (non-hydrogen) atoms. The monoisotopic (exact) mass is 493 g/mol. The molecule has 0 aliphatic heterocycles. The maximum absolute atomic E-state index is 12.4. The quantitative estimate of drug-likeness (QED) is 0.150. The Morgan fingerprint density at radius 3 is 2.64 bits per heavy atom. The van der Waals surface area contributed by atoms with Gasteiger partial charge in [0, 0.05) is 25.3 Å². The second kappa shape index (κ2) is 16.9. The number of benzene rings is 1. The van der Waals surface area contributed by atoms with Gasteiger partial charge in [0.25, 0.3) is 0 Å². The molecule has 1 amide bonds. The number of ether oxygens (including phenoxy) is 1. The number of carbonyl (C=O) groups excluding carboxylic acids is 2. The summed E-state index contributed by atoms with van der Waals surface area (Å²) >= 11 is 0. The molecular formula is C32H47NO3. The summed E-state index contributed by atoms with van der Waals surface area (Å²) in [7, 11) is 0. The first-order valence-corrected chi connectivity index (χ1v) is 13.9. The van der Waals surface area contributed by atoms with Crippen molar-refractivity contribution in [3.8, 4) is 0 Å². The molecule has 1 aromatic carbocycles. The molecule has 4 nitrogen and oxygen atoms in total.